The zero-order chi connectivity index (χ0) is 15.6. The third-order valence-electron chi connectivity index (χ3n) is 5.92. The summed E-state index contributed by atoms with van der Waals surface area (Å²) in [6.07, 6.45) is 6.00. The Morgan fingerprint density at radius 1 is 1.14 bits per heavy atom. The number of Topliss-reactive ketones (excluding diaryl/α,β-unsaturated/α-hetero) is 1. The first-order valence-electron chi connectivity index (χ1n) is 9.02. The molecule has 0 spiro atoms. The lowest BCUT2D eigenvalue weighted by Crippen LogP contribution is -2.40. The van der Waals surface area contributed by atoms with Crippen LogP contribution in [0.1, 0.15) is 66.7 Å². The molecule has 4 atom stereocenters. The van der Waals surface area contributed by atoms with Gasteiger partial charge in [-0.2, -0.15) is 0 Å². The molecule has 0 amide bonds. The van der Waals surface area contributed by atoms with E-state index >= 15 is 0 Å². The monoisotopic (exact) mass is 293 g/mol. The van der Waals surface area contributed by atoms with Gasteiger partial charge in [-0.25, -0.2) is 0 Å². The second kappa shape index (κ2) is 6.81. The van der Waals surface area contributed by atoms with Crippen LogP contribution in [0, 0.1) is 29.1 Å². The molecule has 2 aliphatic rings. The van der Waals surface area contributed by atoms with E-state index in [2.05, 4.69) is 39.5 Å². The van der Waals surface area contributed by atoms with Gasteiger partial charge in [-0.1, -0.05) is 34.6 Å². The summed E-state index contributed by atoms with van der Waals surface area (Å²) in [5.74, 6) is 2.83. The van der Waals surface area contributed by atoms with Crippen molar-refractivity contribution in [3.8, 4) is 0 Å². The van der Waals surface area contributed by atoms with Gasteiger partial charge in [0.2, 0.25) is 0 Å². The van der Waals surface area contributed by atoms with Gasteiger partial charge >= 0.3 is 0 Å². The first kappa shape index (κ1) is 17.0. The number of ketones is 1. The topological polar surface area (TPSA) is 20.3 Å². The molecule has 0 aromatic carbocycles. The molecule has 4 unspecified atom stereocenters. The maximum atomic E-state index is 12.4. The molecule has 2 fully saturated rings. The van der Waals surface area contributed by atoms with E-state index in [1.54, 1.807) is 0 Å². The van der Waals surface area contributed by atoms with Gasteiger partial charge in [0.15, 0.2) is 0 Å². The zero-order valence-electron chi connectivity index (χ0n) is 14.8. The van der Waals surface area contributed by atoms with Crippen LogP contribution in [0.3, 0.4) is 0 Å². The summed E-state index contributed by atoms with van der Waals surface area (Å²) in [6, 6.07) is 0. The van der Waals surface area contributed by atoms with E-state index in [1.807, 2.05) is 0 Å². The molecule has 122 valence electrons. The predicted octanol–water partition coefficient (Wildman–Crippen LogP) is 4.39. The van der Waals surface area contributed by atoms with Crippen molar-refractivity contribution in [2.75, 3.05) is 19.6 Å². The number of hydrogen-bond acceptors (Lipinski definition) is 2. The Morgan fingerprint density at radius 2 is 1.86 bits per heavy atom. The summed E-state index contributed by atoms with van der Waals surface area (Å²) in [5, 5.41) is 0. The van der Waals surface area contributed by atoms with Crippen LogP contribution >= 0.6 is 0 Å². The second-order valence-electron chi connectivity index (χ2n) is 8.89. The number of rotatable bonds is 2. The average Bonchev–Trinajstić information content (AvgIpc) is 2.58. The van der Waals surface area contributed by atoms with E-state index in [-0.39, 0.29) is 0 Å². The Hall–Kier alpha value is -0.370. The van der Waals surface area contributed by atoms with Crippen molar-refractivity contribution in [3.05, 3.63) is 0 Å². The van der Waals surface area contributed by atoms with Crippen LogP contribution in [0.4, 0.5) is 0 Å². The van der Waals surface area contributed by atoms with Gasteiger partial charge < -0.3 is 4.90 Å². The Balaban J connectivity index is 1.90. The Labute approximate surface area is 131 Å². The predicted molar refractivity (Wildman–Crippen MR) is 89.3 cm³/mol. The van der Waals surface area contributed by atoms with Gasteiger partial charge in [0.25, 0.3) is 0 Å². The van der Waals surface area contributed by atoms with Gasteiger partial charge in [-0.3, -0.25) is 4.79 Å². The largest absolute Gasteiger partial charge is 0.303 e. The summed E-state index contributed by atoms with van der Waals surface area (Å²) in [7, 11) is 0. The van der Waals surface area contributed by atoms with Crippen molar-refractivity contribution < 1.29 is 4.79 Å². The molecule has 1 aliphatic carbocycles. The fourth-order valence-electron chi connectivity index (χ4n) is 4.46. The minimum absolute atomic E-state index is 0.299. The Morgan fingerprint density at radius 3 is 2.48 bits per heavy atom. The van der Waals surface area contributed by atoms with Gasteiger partial charge in [-0.15, -0.1) is 0 Å². The zero-order valence-corrected chi connectivity index (χ0v) is 14.8. The summed E-state index contributed by atoms with van der Waals surface area (Å²) in [4.78, 5) is 15.0. The van der Waals surface area contributed by atoms with Crippen LogP contribution in [0.15, 0.2) is 0 Å². The van der Waals surface area contributed by atoms with Crippen molar-refractivity contribution in [2.24, 2.45) is 29.1 Å². The first-order valence-corrected chi connectivity index (χ1v) is 9.02. The quantitative estimate of drug-likeness (QED) is 0.753. The summed E-state index contributed by atoms with van der Waals surface area (Å²) >= 11 is 0. The second-order valence-corrected chi connectivity index (χ2v) is 8.89. The summed E-state index contributed by atoms with van der Waals surface area (Å²) in [6.45, 7) is 15.0. The normalized spacial score (nSPS) is 36.5. The lowest BCUT2D eigenvalue weighted by atomic mass is 9.74. The minimum Gasteiger partial charge on any atom is -0.303 e. The smallest absolute Gasteiger partial charge is 0.137 e. The highest BCUT2D eigenvalue weighted by atomic mass is 16.1. The standard InChI is InChI=1S/C19H35NO/c1-14-11-15(2)17(18(21)12-14)13-20-9-6-7-16(8-10-20)19(3,4)5/h14-17H,6-13H2,1-5H3. The maximum Gasteiger partial charge on any atom is 0.137 e. The van der Waals surface area contributed by atoms with Gasteiger partial charge in [0, 0.05) is 18.9 Å². The Kier molecular flexibility index (Phi) is 5.51. The Bertz CT molecular complexity index is 357. The molecule has 0 radical (unpaired) electrons. The summed E-state index contributed by atoms with van der Waals surface area (Å²) < 4.78 is 0. The molecular weight excluding hydrogens is 258 g/mol. The van der Waals surface area contributed by atoms with Crippen LogP contribution in [-0.2, 0) is 4.79 Å². The van der Waals surface area contributed by atoms with Crippen molar-refractivity contribution >= 4 is 5.78 Å². The fraction of sp³-hybridized carbons (Fsp3) is 0.947. The fourth-order valence-corrected chi connectivity index (χ4v) is 4.46. The molecule has 1 heterocycles. The molecule has 0 aromatic heterocycles. The third kappa shape index (κ3) is 4.55. The molecular formula is C19H35NO. The van der Waals surface area contributed by atoms with Crippen molar-refractivity contribution in [1.82, 2.24) is 4.90 Å². The van der Waals surface area contributed by atoms with Crippen molar-refractivity contribution in [3.63, 3.8) is 0 Å². The highest BCUT2D eigenvalue weighted by Gasteiger charge is 2.34. The molecule has 2 rings (SSSR count). The molecule has 21 heavy (non-hydrogen) atoms. The lowest BCUT2D eigenvalue weighted by Gasteiger charge is -2.35. The molecule has 0 aromatic rings. The SMILES string of the molecule is CC1CC(=O)C(CN2CCCC(C(C)(C)C)CC2)C(C)C1. The van der Waals surface area contributed by atoms with Gasteiger partial charge in [0.1, 0.15) is 5.78 Å². The molecule has 1 saturated carbocycles. The van der Waals surface area contributed by atoms with Crippen LogP contribution < -0.4 is 0 Å². The van der Waals surface area contributed by atoms with E-state index in [0.717, 1.165) is 18.9 Å². The molecule has 0 N–H and O–H groups in total. The maximum absolute atomic E-state index is 12.4. The number of carbonyl (C=O) groups is 1. The summed E-state index contributed by atoms with van der Waals surface area (Å²) in [5.41, 5.74) is 0.430. The lowest BCUT2D eigenvalue weighted by molar-refractivity contribution is -0.128. The van der Waals surface area contributed by atoms with Crippen LogP contribution in [0.5, 0.6) is 0 Å². The van der Waals surface area contributed by atoms with E-state index in [0.29, 0.717) is 29.0 Å². The molecule has 2 nitrogen and oxygen atoms in total. The highest BCUT2D eigenvalue weighted by Crippen LogP contribution is 2.36. The number of hydrogen-bond donors (Lipinski definition) is 0. The third-order valence-corrected chi connectivity index (χ3v) is 5.92. The number of nitrogens with zero attached hydrogens (tertiary/aromatic N) is 1. The van der Waals surface area contributed by atoms with E-state index in [1.165, 1.54) is 38.8 Å². The van der Waals surface area contributed by atoms with Crippen LogP contribution in [-0.4, -0.2) is 30.3 Å². The van der Waals surface area contributed by atoms with Crippen molar-refractivity contribution in [2.45, 2.75) is 66.7 Å². The highest BCUT2D eigenvalue weighted by molar-refractivity contribution is 5.82. The average molecular weight is 293 g/mol. The number of likely N-dealkylation sites (tertiary alicyclic amines) is 1. The van der Waals surface area contributed by atoms with Gasteiger partial charge in [0.05, 0.1) is 0 Å². The molecule has 2 heteroatoms. The van der Waals surface area contributed by atoms with E-state index in [4.69, 9.17) is 0 Å². The van der Waals surface area contributed by atoms with Crippen molar-refractivity contribution in [1.29, 1.82) is 0 Å². The van der Waals surface area contributed by atoms with E-state index < -0.39 is 0 Å². The van der Waals surface area contributed by atoms with Gasteiger partial charge in [-0.05, 0) is 61.9 Å². The minimum atomic E-state index is 0.299. The van der Waals surface area contributed by atoms with E-state index in [9.17, 15) is 4.79 Å². The molecule has 1 saturated heterocycles. The van der Waals surface area contributed by atoms with Crippen LogP contribution in [0.25, 0.3) is 0 Å². The van der Waals surface area contributed by atoms with Crippen LogP contribution in [0.2, 0.25) is 0 Å². The first-order chi connectivity index (χ1) is 9.77. The molecule has 0 bridgehead atoms. The molecule has 1 aliphatic heterocycles. The number of carbonyl (C=O) groups excluding carboxylic acids is 1.